The monoisotopic (exact) mass is 326 g/mol. The molecule has 20 heavy (non-hydrogen) atoms. The second-order valence-corrected chi connectivity index (χ2v) is 9.70. The van der Waals surface area contributed by atoms with Crippen LogP contribution in [0.4, 0.5) is 0 Å². The van der Waals surface area contributed by atoms with Crippen molar-refractivity contribution in [3.8, 4) is 0 Å². The third kappa shape index (κ3) is 6.37. The molecule has 2 heteroatoms. The molecule has 0 saturated carbocycles. The molecule has 1 aliphatic rings. The molecule has 0 bridgehead atoms. The molecule has 1 aromatic rings. The molecular weight excluding hydrogens is 292 g/mol. The molecule has 0 unspecified atom stereocenters. The van der Waals surface area contributed by atoms with E-state index in [1.165, 1.54) is 31.7 Å². The van der Waals surface area contributed by atoms with Gasteiger partial charge in [-0.05, 0) is 5.04 Å². The molecular formula is C18H34SiTi. The maximum atomic E-state index is 2.49. The molecule has 1 aromatic carbocycles. The van der Waals surface area contributed by atoms with Gasteiger partial charge in [-0.2, -0.15) is 28.3 Å². The van der Waals surface area contributed by atoms with Crippen LogP contribution >= 0.6 is 0 Å². The van der Waals surface area contributed by atoms with Gasteiger partial charge in [-0.15, -0.1) is 0 Å². The Labute approximate surface area is 146 Å². The first-order chi connectivity index (χ1) is 7.47. The van der Waals surface area contributed by atoms with Crippen molar-refractivity contribution in [1.29, 1.82) is 0 Å². The minimum absolute atomic E-state index is 0. The van der Waals surface area contributed by atoms with Gasteiger partial charge in [0.2, 0.25) is 0 Å². The van der Waals surface area contributed by atoms with Crippen molar-refractivity contribution in [3.05, 3.63) is 50.6 Å². The Kier molecular flexibility index (Phi) is 12.7. The fourth-order valence-electron chi connectivity index (χ4n) is 2.86. The maximum Gasteiger partial charge on any atom is 4.00 e. The molecule has 1 aliphatic carbocycles. The summed E-state index contributed by atoms with van der Waals surface area (Å²) in [6, 6.07) is 3.91. The van der Waals surface area contributed by atoms with Crippen LogP contribution in [-0.2, 0) is 40.6 Å². The van der Waals surface area contributed by atoms with Crippen LogP contribution in [0.15, 0.2) is 6.07 Å². The van der Waals surface area contributed by atoms with Gasteiger partial charge in [0.15, 0.2) is 0 Å². The second kappa shape index (κ2) is 10.1. The van der Waals surface area contributed by atoms with E-state index in [4.69, 9.17) is 0 Å². The van der Waals surface area contributed by atoms with Crippen LogP contribution < -0.4 is 0 Å². The predicted octanol–water partition coefficient (Wildman–Crippen LogP) is 4.83. The summed E-state index contributed by atoms with van der Waals surface area (Å²) in [4.78, 5) is 0. The molecule has 0 saturated heterocycles. The minimum atomic E-state index is 0. The van der Waals surface area contributed by atoms with Gasteiger partial charge in [-0.1, -0.05) is 59.4 Å². The summed E-state index contributed by atoms with van der Waals surface area (Å²) in [5.74, 6) is 0. The van der Waals surface area contributed by atoms with Crippen molar-refractivity contribution in [2.24, 2.45) is 0 Å². The summed E-state index contributed by atoms with van der Waals surface area (Å²) in [7, 11) is 0.0344. The molecule has 0 heterocycles. The van der Waals surface area contributed by atoms with Crippen molar-refractivity contribution in [2.75, 3.05) is 0 Å². The number of hydrogen-bond donors (Lipinski definition) is 0. The molecule has 0 amide bonds. The van der Waals surface area contributed by atoms with E-state index in [9.17, 15) is 0 Å². The van der Waals surface area contributed by atoms with Crippen molar-refractivity contribution >= 4 is 9.52 Å². The summed E-state index contributed by atoms with van der Waals surface area (Å²) >= 11 is 0. The van der Waals surface area contributed by atoms with Gasteiger partial charge in [0.25, 0.3) is 0 Å². The van der Waals surface area contributed by atoms with Gasteiger partial charge >= 0.3 is 21.7 Å². The quantitative estimate of drug-likeness (QED) is 0.539. The van der Waals surface area contributed by atoms with Crippen LogP contribution in [0.1, 0.15) is 55.9 Å². The molecule has 0 spiro atoms. The normalized spacial score (nSPS) is 13.6. The number of aryl methyl sites for hydroxylation is 1. The van der Waals surface area contributed by atoms with Crippen LogP contribution in [0.2, 0.25) is 5.04 Å². The molecule has 0 radical (unpaired) electrons. The molecule has 114 valence electrons. The van der Waals surface area contributed by atoms with Gasteiger partial charge in [0.1, 0.15) is 0 Å². The summed E-state index contributed by atoms with van der Waals surface area (Å²) < 4.78 is 0. The van der Waals surface area contributed by atoms with Gasteiger partial charge in [-0.25, -0.2) is 0 Å². The second-order valence-electron chi connectivity index (χ2n) is 6.58. The predicted molar refractivity (Wildman–Crippen MR) is 94.6 cm³/mol. The smallest absolute Gasteiger partial charge is 0.358 e. The Bertz CT molecular complexity index is 372. The fraction of sp³-hybridized carbons (Fsp3) is 0.556. The molecule has 0 aromatic heterocycles. The van der Waals surface area contributed by atoms with Gasteiger partial charge in [-0.3, -0.25) is 0 Å². The maximum absolute atomic E-state index is 2.49. The molecule has 0 atom stereocenters. The Balaban J connectivity index is -0.000000722. The minimum Gasteiger partial charge on any atom is -0.358 e. The molecule has 0 fully saturated rings. The van der Waals surface area contributed by atoms with Crippen LogP contribution in [0.5, 0.6) is 0 Å². The Morgan fingerprint density at radius 2 is 1.65 bits per heavy atom. The van der Waals surface area contributed by atoms with Gasteiger partial charge < -0.3 is 22.3 Å². The zero-order chi connectivity index (χ0) is 11.8. The molecule has 0 aliphatic heterocycles. The zero-order valence-corrected chi connectivity index (χ0v) is 17.8. The fourth-order valence-corrected chi connectivity index (χ4v) is 4.33. The van der Waals surface area contributed by atoms with E-state index in [0.717, 1.165) is 0 Å². The number of rotatable bonds is 2. The number of fused-ring (bicyclic) bond motifs is 1. The topological polar surface area (TPSA) is 0 Å². The average molecular weight is 326 g/mol. The van der Waals surface area contributed by atoms with E-state index >= 15 is 0 Å². The van der Waals surface area contributed by atoms with Gasteiger partial charge in [0.05, 0.1) is 0 Å². The SMILES string of the molecule is Cc1c[c-](C[SiH2]C(C)(C)C)c2c1CCCC2.[CH3-].[CH3-].[CH3-].[Ti+4]. The molecule has 0 nitrogen and oxygen atoms in total. The van der Waals surface area contributed by atoms with Crippen molar-refractivity contribution in [2.45, 2.75) is 64.5 Å². The first-order valence-corrected chi connectivity index (χ1v) is 8.45. The first kappa shape index (κ1) is 25.2. The summed E-state index contributed by atoms with van der Waals surface area (Å²) in [6.45, 7) is 9.52. The van der Waals surface area contributed by atoms with Crippen LogP contribution in [-0.4, -0.2) is 9.52 Å². The largest absolute Gasteiger partial charge is 4.00 e. The van der Waals surface area contributed by atoms with E-state index in [2.05, 4.69) is 33.8 Å². The molecule has 2 rings (SSSR count). The first-order valence-electron chi connectivity index (χ1n) is 6.74. The van der Waals surface area contributed by atoms with E-state index < -0.39 is 0 Å². The van der Waals surface area contributed by atoms with Crippen LogP contribution in [0.3, 0.4) is 0 Å². The summed E-state index contributed by atoms with van der Waals surface area (Å²) in [5, 5.41) is 0.604. The molecule has 0 N–H and O–H groups in total. The van der Waals surface area contributed by atoms with Crippen LogP contribution in [0.25, 0.3) is 0 Å². The van der Waals surface area contributed by atoms with Crippen molar-refractivity contribution < 1.29 is 21.7 Å². The van der Waals surface area contributed by atoms with Crippen molar-refractivity contribution in [3.63, 3.8) is 0 Å². The van der Waals surface area contributed by atoms with Crippen LogP contribution in [0, 0.1) is 29.2 Å². The Morgan fingerprint density at radius 3 is 2.20 bits per heavy atom. The Morgan fingerprint density at radius 1 is 1.10 bits per heavy atom. The van der Waals surface area contributed by atoms with Gasteiger partial charge in [0, 0.05) is 9.52 Å². The van der Waals surface area contributed by atoms with E-state index in [0.29, 0.717) is 5.04 Å². The van der Waals surface area contributed by atoms with E-state index in [1.807, 2.05) is 0 Å². The average Bonchev–Trinajstić information content (AvgIpc) is 2.53. The third-order valence-electron chi connectivity index (χ3n) is 3.87. The third-order valence-corrected chi connectivity index (χ3v) is 6.16. The summed E-state index contributed by atoms with van der Waals surface area (Å²) in [6.07, 6.45) is 5.53. The van der Waals surface area contributed by atoms with E-state index in [-0.39, 0.29) is 53.5 Å². The number of hydrogen-bond acceptors (Lipinski definition) is 0. The Hall–Kier alpha value is 0.281. The zero-order valence-electron chi connectivity index (χ0n) is 14.8. The summed E-state index contributed by atoms with van der Waals surface area (Å²) in [5.41, 5.74) is 6.76. The van der Waals surface area contributed by atoms with Crippen molar-refractivity contribution in [1.82, 2.24) is 0 Å². The standard InChI is InChI=1S/C15H25Si.3CH3.Ti/c1-11-9-12(10-16-15(2,3)4)14-8-6-5-7-13(11)14;;;;/h9H,5-8,10,16H2,1-4H3;3*1H3;/q4*-1;+4. The van der Waals surface area contributed by atoms with E-state index in [1.54, 1.807) is 22.3 Å².